The summed E-state index contributed by atoms with van der Waals surface area (Å²) in [7, 11) is 0. The Morgan fingerprint density at radius 1 is 1.00 bits per heavy atom. The number of aryl methyl sites for hydroxylation is 1. The molecule has 0 unspecified atom stereocenters. The van der Waals surface area contributed by atoms with Crippen LogP contribution in [-0.2, 0) is 4.79 Å². The number of nitrogens with one attached hydrogen (secondary N) is 1. The Labute approximate surface area is 277 Å². The fourth-order valence-corrected chi connectivity index (χ4v) is 6.96. The van der Waals surface area contributed by atoms with Crippen molar-refractivity contribution in [2.24, 2.45) is 5.41 Å². The number of hydrogen-bond donors (Lipinski definition) is 2. The fraction of sp³-hybridized carbons (Fsp3) is 0.382. The van der Waals surface area contributed by atoms with Gasteiger partial charge in [-0.15, -0.1) is 0 Å². The Morgan fingerprint density at radius 3 is 2.29 bits per heavy atom. The zero-order valence-electron chi connectivity index (χ0n) is 25.8. The van der Waals surface area contributed by atoms with Crippen LogP contribution in [0.15, 0.2) is 82.1 Å². The summed E-state index contributed by atoms with van der Waals surface area (Å²) in [6.45, 7) is 12.6. The number of hydrogen-bond acceptors (Lipinski definition) is 6. The molecule has 1 fully saturated rings. The summed E-state index contributed by atoms with van der Waals surface area (Å²) in [6, 6.07) is 21.6. The molecule has 0 atom stereocenters. The predicted molar refractivity (Wildman–Crippen MR) is 184 cm³/mol. The first-order valence-corrected chi connectivity index (χ1v) is 16.8. The summed E-state index contributed by atoms with van der Waals surface area (Å²) in [4.78, 5) is 15.6. The van der Waals surface area contributed by atoms with E-state index in [0.717, 1.165) is 49.7 Å². The van der Waals surface area contributed by atoms with Gasteiger partial charge in [-0.1, -0.05) is 60.9 Å². The number of halogens is 4. The number of rotatable bonds is 8. The first-order valence-electron chi connectivity index (χ1n) is 14.8. The molecule has 0 radical (unpaired) electrons. The van der Waals surface area contributed by atoms with E-state index in [2.05, 4.69) is 71.7 Å². The van der Waals surface area contributed by atoms with Gasteiger partial charge in [0.15, 0.2) is 0 Å². The largest absolute Gasteiger partial charge is 0.446 e. The van der Waals surface area contributed by atoms with Gasteiger partial charge in [0.05, 0.1) is 0 Å². The van der Waals surface area contributed by atoms with Crippen molar-refractivity contribution in [2.45, 2.75) is 55.3 Å². The average molecular weight is 677 g/mol. The lowest BCUT2D eigenvalue weighted by Crippen LogP contribution is -2.47. The van der Waals surface area contributed by atoms with Gasteiger partial charge in [-0.25, -0.2) is 0 Å². The molecule has 3 aromatic carbocycles. The van der Waals surface area contributed by atoms with Gasteiger partial charge in [-0.05, 0) is 109 Å². The lowest BCUT2D eigenvalue weighted by Gasteiger charge is -2.39. The van der Waals surface area contributed by atoms with Crippen molar-refractivity contribution in [1.82, 2.24) is 9.62 Å². The summed E-state index contributed by atoms with van der Waals surface area (Å²) < 4.78 is 38.7. The van der Waals surface area contributed by atoms with Gasteiger partial charge in [0.1, 0.15) is 0 Å². The minimum absolute atomic E-state index is 0.0535. The number of anilines is 2. The highest BCUT2D eigenvalue weighted by atomic mass is 35.5. The number of nitrogens with zero attached hydrogens (tertiary/aromatic N) is 2. The monoisotopic (exact) mass is 676 g/mol. The number of thioether (sulfide) groups is 1. The van der Waals surface area contributed by atoms with E-state index in [1.807, 2.05) is 12.1 Å². The van der Waals surface area contributed by atoms with E-state index in [0.29, 0.717) is 16.7 Å². The molecule has 1 amide bonds. The van der Waals surface area contributed by atoms with Crippen LogP contribution < -0.4 is 15.4 Å². The van der Waals surface area contributed by atoms with Crippen molar-refractivity contribution in [3.05, 3.63) is 88.5 Å². The maximum absolute atomic E-state index is 12.1. The van der Waals surface area contributed by atoms with Crippen LogP contribution in [0.25, 0.3) is 5.57 Å². The Hall–Kier alpha value is -2.79. The summed E-state index contributed by atoms with van der Waals surface area (Å²) in [5.41, 5.74) is 8.71. The molecule has 242 valence electrons. The average Bonchev–Trinajstić information content (AvgIpc) is 2.98. The summed E-state index contributed by atoms with van der Waals surface area (Å²) >= 11 is 6.77. The molecule has 1 saturated heterocycles. The molecule has 3 N–H and O–H groups in total. The molecule has 0 spiro atoms. The van der Waals surface area contributed by atoms with Crippen LogP contribution in [0.2, 0.25) is 5.02 Å². The van der Waals surface area contributed by atoms with Crippen LogP contribution in [0.4, 0.5) is 24.5 Å². The third-order valence-electron chi connectivity index (χ3n) is 7.98. The lowest BCUT2D eigenvalue weighted by atomic mass is 9.73. The Balaban J connectivity index is 0.000000245. The van der Waals surface area contributed by atoms with Crippen molar-refractivity contribution < 1.29 is 18.0 Å². The Morgan fingerprint density at radius 2 is 1.67 bits per heavy atom. The molecule has 2 aliphatic rings. The van der Waals surface area contributed by atoms with Crippen LogP contribution >= 0.6 is 35.3 Å². The zero-order chi connectivity index (χ0) is 32.6. The van der Waals surface area contributed by atoms with E-state index in [1.54, 1.807) is 11.1 Å². The standard InChI is InChI=1S/C26H33ClN2.C8H7F3N2OS2/c1-20-4-10-24(11-5-20)29-16-14-28(15-17-29)19-22-18-26(2,3)13-12-25(22)21-6-8-23(27)9-7-21;9-8(10,11)15-7-3-5(16-13-4-14)1-2-6(7)12/h4-11H,12-19H2,1-3H3;1-4H,12H2,(H,13,14). The fourth-order valence-electron chi connectivity index (χ4n) is 5.64. The highest BCUT2D eigenvalue weighted by Gasteiger charge is 2.31. The highest BCUT2D eigenvalue weighted by molar-refractivity contribution is 8.00. The number of carbonyl (C=O) groups is 1. The van der Waals surface area contributed by atoms with Crippen LogP contribution in [0.1, 0.15) is 44.2 Å². The van der Waals surface area contributed by atoms with E-state index >= 15 is 0 Å². The lowest BCUT2D eigenvalue weighted by molar-refractivity contribution is -0.107. The van der Waals surface area contributed by atoms with Gasteiger partial charge in [0, 0.05) is 58.9 Å². The molecule has 11 heteroatoms. The first kappa shape index (κ1) is 35.1. The SMILES string of the molecule is Cc1ccc(N2CCN(CC3=C(c4ccc(Cl)cc4)CCC(C)(C)C3)CC2)cc1.Nc1ccc(SNC=O)cc1SC(F)(F)F. The minimum Gasteiger partial charge on any atom is -0.398 e. The van der Waals surface area contributed by atoms with E-state index in [9.17, 15) is 18.0 Å². The van der Waals surface area contributed by atoms with E-state index in [4.69, 9.17) is 17.3 Å². The van der Waals surface area contributed by atoms with Gasteiger partial charge in [0.25, 0.3) is 0 Å². The molecule has 1 heterocycles. The molecular formula is C34H40ClF3N4OS2. The van der Waals surface area contributed by atoms with Crippen LogP contribution in [0, 0.1) is 12.3 Å². The first-order chi connectivity index (χ1) is 21.3. The van der Waals surface area contributed by atoms with E-state index < -0.39 is 5.51 Å². The minimum atomic E-state index is -4.38. The molecule has 1 aliphatic carbocycles. The number of piperazine rings is 1. The van der Waals surface area contributed by atoms with E-state index in [-0.39, 0.29) is 22.3 Å². The molecule has 1 aliphatic heterocycles. The summed E-state index contributed by atoms with van der Waals surface area (Å²) in [5, 5.41) is 0.819. The number of benzene rings is 3. The van der Waals surface area contributed by atoms with Gasteiger partial charge >= 0.3 is 5.51 Å². The smallest absolute Gasteiger partial charge is 0.398 e. The number of nitrogens with two attached hydrogens (primary N) is 1. The number of amides is 1. The van der Waals surface area contributed by atoms with Crippen molar-refractivity contribution >= 4 is 58.7 Å². The zero-order valence-corrected chi connectivity index (χ0v) is 28.2. The molecule has 5 nitrogen and oxygen atoms in total. The van der Waals surface area contributed by atoms with Crippen LogP contribution in [0.5, 0.6) is 0 Å². The van der Waals surface area contributed by atoms with Gasteiger partial charge < -0.3 is 10.6 Å². The van der Waals surface area contributed by atoms with E-state index in [1.165, 1.54) is 54.3 Å². The Kier molecular flexibility index (Phi) is 12.2. The van der Waals surface area contributed by atoms with Gasteiger partial charge in [-0.2, -0.15) is 13.2 Å². The number of allylic oxidation sites excluding steroid dienone is 1. The second kappa shape index (κ2) is 15.7. The van der Waals surface area contributed by atoms with Crippen molar-refractivity contribution in [2.75, 3.05) is 43.4 Å². The molecule has 0 bridgehead atoms. The second-order valence-electron chi connectivity index (χ2n) is 12.1. The topological polar surface area (TPSA) is 61.6 Å². The third-order valence-corrected chi connectivity index (χ3v) is 9.75. The quantitative estimate of drug-likeness (QED) is 0.107. The van der Waals surface area contributed by atoms with Gasteiger partial charge in [0.2, 0.25) is 6.41 Å². The highest BCUT2D eigenvalue weighted by Crippen LogP contribution is 2.43. The number of nitrogen functional groups attached to an aromatic ring is 1. The maximum Gasteiger partial charge on any atom is 0.446 e. The molecule has 45 heavy (non-hydrogen) atoms. The normalized spacial score (nSPS) is 17.0. The van der Waals surface area contributed by atoms with Crippen molar-refractivity contribution in [1.29, 1.82) is 0 Å². The molecule has 3 aromatic rings. The molecule has 0 saturated carbocycles. The maximum atomic E-state index is 12.1. The Bertz CT molecular complexity index is 1460. The second-order valence-corrected chi connectivity index (χ2v) is 14.6. The van der Waals surface area contributed by atoms with Crippen molar-refractivity contribution in [3.63, 3.8) is 0 Å². The predicted octanol–water partition coefficient (Wildman–Crippen LogP) is 9.07. The van der Waals surface area contributed by atoms with Crippen LogP contribution in [0.3, 0.4) is 0 Å². The number of carbonyl (C=O) groups excluding carboxylic acids is 1. The van der Waals surface area contributed by atoms with Crippen LogP contribution in [-0.4, -0.2) is 49.5 Å². The van der Waals surface area contributed by atoms with Crippen molar-refractivity contribution in [3.8, 4) is 0 Å². The van der Waals surface area contributed by atoms with Gasteiger partial charge in [-0.3, -0.25) is 14.4 Å². The summed E-state index contributed by atoms with van der Waals surface area (Å²) in [5.74, 6) is 0. The molecule has 0 aromatic heterocycles. The number of alkyl halides is 3. The summed E-state index contributed by atoms with van der Waals surface area (Å²) in [6.07, 6.45) is 4.07. The molecule has 5 rings (SSSR count). The third kappa shape index (κ3) is 10.9. The molecular weight excluding hydrogens is 637 g/mol.